The lowest BCUT2D eigenvalue weighted by Crippen LogP contribution is -2.70. The Labute approximate surface area is 301 Å². The van der Waals surface area contributed by atoms with Crippen molar-refractivity contribution in [3.05, 3.63) is 53.1 Å². The Kier molecular flexibility index (Phi) is 8.00. The summed E-state index contributed by atoms with van der Waals surface area (Å²) in [5, 5.41) is 12.6. The SMILES string of the molecule is COc1ccc2c(c1)C1CC1(C(=O)N1C[C@]3(C)CN(C)C[C@](C)(C1)C3O)Cn1c-2c(C2CCCCC2)c2ccc(C(=O)NS(=O)(=O)N(C)C)cc21. The first kappa shape index (κ1) is 34.6. The fourth-order valence-corrected chi connectivity index (χ4v) is 11.2. The number of hydrogen-bond acceptors (Lipinski definition) is 7. The number of aromatic nitrogens is 1. The molecular formula is C39H51N5O6S. The maximum Gasteiger partial charge on any atom is 0.303 e. The highest BCUT2D eigenvalue weighted by Crippen LogP contribution is 2.66. The molecule has 3 unspecified atom stereocenters. The molecule has 8 rings (SSSR count). The van der Waals surface area contributed by atoms with Gasteiger partial charge in [0.25, 0.3) is 5.91 Å². The van der Waals surface area contributed by atoms with Gasteiger partial charge in [-0.3, -0.25) is 9.59 Å². The minimum atomic E-state index is -4.00. The van der Waals surface area contributed by atoms with Crippen LogP contribution in [-0.4, -0.2) is 105 Å². The van der Waals surface area contributed by atoms with Crippen molar-refractivity contribution in [2.75, 3.05) is 54.4 Å². The van der Waals surface area contributed by atoms with Gasteiger partial charge in [0.15, 0.2) is 0 Å². The molecule has 3 aliphatic heterocycles. The predicted molar refractivity (Wildman–Crippen MR) is 196 cm³/mol. The normalized spacial score (nSPS) is 30.7. The topological polar surface area (TPSA) is 124 Å². The molecule has 51 heavy (non-hydrogen) atoms. The number of nitrogens with one attached hydrogen (secondary N) is 1. The number of fused-ring (bicyclic) bond motifs is 9. The van der Waals surface area contributed by atoms with Crippen LogP contribution in [0.1, 0.15) is 85.7 Å². The fourth-order valence-electron chi connectivity index (χ4n) is 10.7. The van der Waals surface area contributed by atoms with Gasteiger partial charge in [0.2, 0.25) is 5.91 Å². The zero-order chi connectivity index (χ0) is 36.2. The van der Waals surface area contributed by atoms with Gasteiger partial charge in [-0.15, -0.1) is 0 Å². The highest BCUT2D eigenvalue weighted by Gasteiger charge is 2.66. The van der Waals surface area contributed by atoms with Gasteiger partial charge in [-0.05, 0) is 73.7 Å². The smallest absolute Gasteiger partial charge is 0.303 e. The maximum absolute atomic E-state index is 15.2. The van der Waals surface area contributed by atoms with Crippen LogP contribution in [0.15, 0.2) is 36.4 Å². The largest absolute Gasteiger partial charge is 0.497 e. The lowest BCUT2D eigenvalue weighted by atomic mass is 9.63. The molecule has 2 saturated heterocycles. The number of aliphatic hydroxyl groups is 1. The van der Waals surface area contributed by atoms with Gasteiger partial charge in [-0.2, -0.15) is 12.7 Å². The molecule has 0 radical (unpaired) electrons. The summed E-state index contributed by atoms with van der Waals surface area (Å²) < 4.78 is 36.5. The van der Waals surface area contributed by atoms with Gasteiger partial charge in [0.05, 0.1) is 24.3 Å². The Hall–Kier alpha value is -3.45. The molecule has 274 valence electrons. The van der Waals surface area contributed by atoms with Crippen molar-refractivity contribution < 1.29 is 27.9 Å². The molecule has 2 N–H and O–H groups in total. The number of likely N-dealkylation sites (tertiary alicyclic amines) is 2. The van der Waals surface area contributed by atoms with E-state index in [9.17, 15) is 18.3 Å². The van der Waals surface area contributed by atoms with Crippen molar-refractivity contribution in [1.82, 2.24) is 23.4 Å². The number of piperidine rings is 2. The second kappa shape index (κ2) is 11.8. The number of aliphatic hydroxyl groups excluding tert-OH is 1. The molecule has 2 amide bonds. The minimum Gasteiger partial charge on any atom is -0.497 e. The van der Waals surface area contributed by atoms with Crippen molar-refractivity contribution in [2.45, 2.75) is 76.9 Å². The van der Waals surface area contributed by atoms with Crippen molar-refractivity contribution in [3.63, 3.8) is 0 Å². The van der Waals surface area contributed by atoms with Crippen LogP contribution in [0.4, 0.5) is 0 Å². The first-order valence-electron chi connectivity index (χ1n) is 18.4. The number of rotatable bonds is 6. The molecule has 5 atom stereocenters. The molecule has 5 aliphatic rings. The van der Waals surface area contributed by atoms with Crippen LogP contribution in [0.2, 0.25) is 0 Å². The number of hydrogen-bond donors (Lipinski definition) is 2. The zero-order valence-corrected chi connectivity index (χ0v) is 31.5. The van der Waals surface area contributed by atoms with E-state index in [0.29, 0.717) is 32.0 Å². The summed E-state index contributed by atoms with van der Waals surface area (Å²) in [5.41, 5.74) is 4.04. The van der Waals surface area contributed by atoms with Gasteiger partial charge in [-0.1, -0.05) is 39.2 Å². The molecule has 2 saturated carbocycles. The molecule has 2 aliphatic carbocycles. The maximum atomic E-state index is 15.2. The van der Waals surface area contributed by atoms with Gasteiger partial charge < -0.3 is 24.2 Å². The number of ether oxygens (including phenoxy) is 1. The molecule has 2 bridgehead atoms. The lowest BCUT2D eigenvalue weighted by Gasteiger charge is -2.59. The Morgan fingerprint density at radius 1 is 0.961 bits per heavy atom. The monoisotopic (exact) mass is 717 g/mol. The second-order valence-corrected chi connectivity index (χ2v) is 18.9. The summed E-state index contributed by atoms with van der Waals surface area (Å²) in [5.74, 6) is 0.484. The van der Waals surface area contributed by atoms with Crippen molar-refractivity contribution in [3.8, 4) is 17.0 Å². The fraction of sp³-hybridized carbons (Fsp3) is 0.590. The number of methoxy groups -OCH3 is 1. The van der Waals surface area contributed by atoms with E-state index in [1.165, 1.54) is 26.1 Å². The number of carbonyl (C=O) groups is 2. The van der Waals surface area contributed by atoms with Crippen LogP contribution in [0.25, 0.3) is 22.2 Å². The minimum absolute atomic E-state index is 0.0176. The first-order valence-corrected chi connectivity index (χ1v) is 19.8. The molecule has 4 fully saturated rings. The van der Waals surface area contributed by atoms with Crippen molar-refractivity contribution >= 4 is 32.9 Å². The van der Waals surface area contributed by atoms with E-state index in [2.05, 4.69) is 47.2 Å². The number of carbonyl (C=O) groups excluding carboxylic acids is 2. The summed E-state index contributed by atoms with van der Waals surface area (Å²) in [6.07, 6.45) is 5.82. The third-order valence-corrected chi connectivity index (χ3v) is 14.3. The summed E-state index contributed by atoms with van der Waals surface area (Å²) in [7, 11) is 2.54. The molecule has 1 aromatic heterocycles. The quantitative estimate of drug-likeness (QED) is 0.384. The highest BCUT2D eigenvalue weighted by atomic mass is 32.2. The van der Waals surface area contributed by atoms with Crippen molar-refractivity contribution in [2.24, 2.45) is 16.2 Å². The van der Waals surface area contributed by atoms with Crippen LogP contribution in [0, 0.1) is 16.2 Å². The van der Waals surface area contributed by atoms with Crippen LogP contribution in [0.5, 0.6) is 5.75 Å². The molecule has 4 heterocycles. The lowest BCUT2D eigenvalue weighted by molar-refractivity contribution is -0.182. The van der Waals surface area contributed by atoms with Crippen LogP contribution in [0.3, 0.4) is 0 Å². The van der Waals surface area contributed by atoms with E-state index in [1.54, 1.807) is 13.2 Å². The molecule has 3 aromatic rings. The summed E-state index contributed by atoms with van der Waals surface area (Å²) in [6, 6.07) is 11.8. The number of benzene rings is 2. The van der Waals surface area contributed by atoms with Gasteiger partial charge >= 0.3 is 10.2 Å². The first-order chi connectivity index (χ1) is 24.1. The second-order valence-electron chi connectivity index (χ2n) is 17.0. The summed E-state index contributed by atoms with van der Waals surface area (Å²) in [4.78, 5) is 33.0. The van der Waals surface area contributed by atoms with E-state index in [-0.39, 0.29) is 17.4 Å². The third kappa shape index (κ3) is 5.34. The van der Waals surface area contributed by atoms with Crippen LogP contribution >= 0.6 is 0 Å². The third-order valence-electron chi connectivity index (χ3n) is 12.9. The Morgan fingerprint density at radius 2 is 1.65 bits per heavy atom. The molecule has 2 aromatic carbocycles. The Bertz CT molecular complexity index is 2030. The van der Waals surface area contributed by atoms with Crippen LogP contribution < -0.4 is 9.46 Å². The van der Waals surface area contributed by atoms with Gasteiger partial charge in [-0.25, -0.2) is 4.72 Å². The van der Waals surface area contributed by atoms with E-state index in [4.69, 9.17) is 4.74 Å². The molecular weight excluding hydrogens is 667 g/mol. The van der Waals surface area contributed by atoms with E-state index in [1.807, 2.05) is 23.1 Å². The van der Waals surface area contributed by atoms with Gasteiger partial charge in [0.1, 0.15) is 5.75 Å². The standard InChI is InChI=1S/C39H51N5O6S/c1-37-19-42(5)20-38(2,35(37)46)22-43(21-37)36(47)39-18-30(39)29-17-26(50-6)13-15-27(29)33-32(24-10-8-7-9-11-24)28-14-12-25(16-31(28)44(33)23-39)34(45)40-51(48,49)41(3)4/h12-17,24,30,35,46H,7-11,18-23H2,1-6H3,(H,40,45)/t30?,35?,37-,38+,39?. The molecule has 0 spiro atoms. The predicted octanol–water partition coefficient (Wildman–Crippen LogP) is 4.55. The van der Waals surface area contributed by atoms with Crippen molar-refractivity contribution in [1.29, 1.82) is 0 Å². The average Bonchev–Trinajstić information content (AvgIpc) is 3.75. The zero-order valence-electron chi connectivity index (χ0n) is 30.7. The van der Waals surface area contributed by atoms with E-state index in [0.717, 1.165) is 76.6 Å². The Morgan fingerprint density at radius 3 is 2.29 bits per heavy atom. The van der Waals surface area contributed by atoms with Gasteiger partial charge in [0, 0.05) is 85.6 Å². The Balaban J connectivity index is 1.30. The number of nitrogens with zero attached hydrogens (tertiary/aromatic N) is 4. The summed E-state index contributed by atoms with van der Waals surface area (Å²) >= 11 is 0. The number of amides is 2. The molecule has 11 nitrogen and oxygen atoms in total. The highest BCUT2D eigenvalue weighted by molar-refractivity contribution is 7.87. The molecule has 12 heteroatoms. The van der Waals surface area contributed by atoms with Crippen LogP contribution in [-0.2, 0) is 21.5 Å². The average molecular weight is 718 g/mol. The van der Waals surface area contributed by atoms with E-state index >= 15 is 4.79 Å². The summed E-state index contributed by atoms with van der Waals surface area (Å²) in [6.45, 7) is 7.08. The van der Waals surface area contributed by atoms with E-state index < -0.39 is 38.5 Å².